The molecule has 0 saturated carbocycles. The summed E-state index contributed by atoms with van der Waals surface area (Å²) in [6.07, 6.45) is 6.90. The predicted molar refractivity (Wildman–Crippen MR) is 161 cm³/mol. The van der Waals surface area contributed by atoms with E-state index in [1.165, 1.54) is 6.20 Å². The number of amides is 2. The van der Waals surface area contributed by atoms with Gasteiger partial charge in [0, 0.05) is 67.4 Å². The first kappa shape index (κ1) is 27.8. The molecule has 1 saturated heterocycles. The lowest BCUT2D eigenvalue weighted by molar-refractivity contribution is 0.0704. The first-order chi connectivity index (χ1) is 21.0. The fraction of sp³-hybridized carbons (Fsp3) is 0.212. The number of nitrogens with zero attached hydrogens (tertiary/aromatic N) is 5. The second-order valence-electron chi connectivity index (χ2n) is 10.6. The average molecular weight is 574 g/mol. The topological polar surface area (TPSA) is 140 Å². The van der Waals surface area contributed by atoms with Crippen LogP contribution in [0.25, 0.3) is 11.4 Å². The Hall–Kier alpha value is -5.38. The summed E-state index contributed by atoms with van der Waals surface area (Å²) < 4.78 is 5.55. The van der Waals surface area contributed by atoms with E-state index < -0.39 is 5.91 Å². The third kappa shape index (κ3) is 6.59. The van der Waals surface area contributed by atoms with Crippen LogP contribution < -0.4 is 11.1 Å². The number of anilines is 1. The van der Waals surface area contributed by atoms with Crippen LogP contribution in [0.5, 0.6) is 0 Å². The molecule has 1 fully saturated rings. The van der Waals surface area contributed by atoms with Gasteiger partial charge in [-0.15, -0.1) is 0 Å². The maximum Gasteiger partial charge on any atom is 0.253 e. The van der Waals surface area contributed by atoms with Gasteiger partial charge in [-0.05, 0) is 54.3 Å². The van der Waals surface area contributed by atoms with E-state index in [2.05, 4.69) is 25.4 Å². The van der Waals surface area contributed by atoms with Crippen LogP contribution in [0.1, 0.15) is 62.2 Å². The zero-order chi connectivity index (χ0) is 29.6. The van der Waals surface area contributed by atoms with E-state index in [9.17, 15) is 9.59 Å². The third-order valence-corrected chi connectivity index (χ3v) is 7.60. The highest BCUT2D eigenvalue weighted by Gasteiger charge is 2.28. The van der Waals surface area contributed by atoms with Crippen LogP contribution >= 0.6 is 0 Å². The summed E-state index contributed by atoms with van der Waals surface area (Å²) in [5, 5.41) is 7.43. The summed E-state index contributed by atoms with van der Waals surface area (Å²) in [5.74, 6) is 0.673. The van der Waals surface area contributed by atoms with Crippen molar-refractivity contribution >= 4 is 17.5 Å². The fourth-order valence-corrected chi connectivity index (χ4v) is 5.28. The number of nitrogens with two attached hydrogens (primary N) is 1. The minimum atomic E-state index is -0.543. The first-order valence-corrected chi connectivity index (χ1v) is 14.2. The van der Waals surface area contributed by atoms with E-state index in [0.717, 1.165) is 35.2 Å². The molecule has 0 bridgehead atoms. The Bertz CT molecular complexity index is 1720. The second kappa shape index (κ2) is 12.6. The highest BCUT2D eigenvalue weighted by molar-refractivity contribution is 5.98. The molecule has 3 N–H and O–H groups in total. The molecule has 6 rings (SSSR count). The summed E-state index contributed by atoms with van der Waals surface area (Å²) in [5.41, 5.74) is 10.8. The zero-order valence-electron chi connectivity index (χ0n) is 23.5. The summed E-state index contributed by atoms with van der Waals surface area (Å²) >= 11 is 0. The molecule has 216 valence electrons. The van der Waals surface area contributed by atoms with Crippen molar-refractivity contribution < 1.29 is 14.1 Å². The first-order valence-electron chi connectivity index (χ1n) is 14.2. The monoisotopic (exact) mass is 573 g/mol. The van der Waals surface area contributed by atoms with Crippen molar-refractivity contribution in [3.05, 3.63) is 125 Å². The molecule has 10 nitrogen and oxygen atoms in total. The molecule has 0 atom stereocenters. The second-order valence-corrected chi connectivity index (χ2v) is 10.6. The number of carbonyl (C=O) groups excluding carboxylic acids is 2. The Balaban J connectivity index is 1.09. The number of piperidine rings is 1. The largest absolute Gasteiger partial charge is 0.380 e. The molecule has 0 radical (unpaired) electrons. The fourth-order valence-electron chi connectivity index (χ4n) is 5.28. The van der Waals surface area contributed by atoms with E-state index in [0.29, 0.717) is 54.6 Å². The zero-order valence-corrected chi connectivity index (χ0v) is 23.5. The van der Waals surface area contributed by atoms with Gasteiger partial charge in [-0.2, -0.15) is 4.98 Å². The molecule has 1 aliphatic heterocycles. The lowest BCUT2D eigenvalue weighted by Crippen LogP contribution is -2.38. The smallest absolute Gasteiger partial charge is 0.253 e. The average Bonchev–Trinajstić information content (AvgIpc) is 3.55. The van der Waals surface area contributed by atoms with Crippen molar-refractivity contribution in [2.24, 2.45) is 5.73 Å². The molecule has 2 aromatic carbocycles. The van der Waals surface area contributed by atoms with E-state index in [1.54, 1.807) is 12.4 Å². The van der Waals surface area contributed by atoms with Crippen LogP contribution in [0.2, 0.25) is 0 Å². The van der Waals surface area contributed by atoms with Crippen LogP contribution in [0.15, 0.2) is 95.9 Å². The number of likely N-dealkylation sites (tertiary alicyclic amines) is 1. The molecular formula is C33H31N7O3. The van der Waals surface area contributed by atoms with E-state index in [-0.39, 0.29) is 11.8 Å². The Labute approximate surface area is 249 Å². The van der Waals surface area contributed by atoms with Crippen molar-refractivity contribution in [3.63, 3.8) is 0 Å². The molecular weight excluding hydrogens is 542 g/mol. The highest BCUT2D eigenvalue weighted by atomic mass is 16.5. The maximum atomic E-state index is 13.4. The number of carbonyl (C=O) groups is 2. The van der Waals surface area contributed by atoms with Crippen molar-refractivity contribution in [2.45, 2.75) is 31.7 Å². The number of hydrogen-bond acceptors (Lipinski definition) is 8. The van der Waals surface area contributed by atoms with Gasteiger partial charge in [0.1, 0.15) is 0 Å². The molecule has 4 heterocycles. The molecule has 10 heteroatoms. The van der Waals surface area contributed by atoms with Gasteiger partial charge in [0.25, 0.3) is 11.8 Å². The molecule has 5 aromatic rings. The van der Waals surface area contributed by atoms with Gasteiger partial charge >= 0.3 is 0 Å². The van der Waals surface area contributed by atoms with Crippen LogP contribution in [-0.4, -0.2) is 49.9 Å². The van der Waals surface area contributed by atoms with Gasteiger partial charge in [0.2, 0.25) is 11.7 Å². The van der Waals surface area contributed by atoms with E-state index in [4.69, 9.17) is 10.3 Å². The minimum Gasteiger partial charge on any atom is -0.380 e. The Morgan fingerprint density at radius 2 is 1.77 bits per heavy atom. The molecule has 0 spiro atoms. The van der Waals surface area contributed by atoms with Crippen molar-refractivity contribution in [1.29, 1.82) is 0 Å². The summed E-state index contributed by atoms with van der Waals surface area (Å²) in [4.78, 5) is 40.5. The standard InChI is InChI=1S/C33H31N7O3/c34-30(41)28-21-36-27(18-29(28)37-19-22-6-2-1-3-7-22)17-23-8-4-9-25(16-23)33(42)40-14-11-24(12-15-40)32-38-31(39-43-32)26-10-5-13-35-20-26/h1-10,13,16,18,20-21,24H,11-12,14-15,17,19H2,(H2,34,41)(H,36,37). The number of primary amides is 1. The number of rotatable bonds is 9. The number of aromatic nitrogens is 4. The Morgan fingerprint density at radius 3 is 2.53 bits per heavy atom. The van der Waals surface area contributed by atoms with Crippen LogP contribution in [0, 0.1) is 0 Å². The molecule has 1 aliphatic rings. The Kier molecular flexibility index (Phi) is 8.17. The number of pyridine rings is 2. The highest BCUT2D eigenvalue weighted by Crippen LogP contribution is 2.29. The Morgan fingerprint density at radius 1 is 0.953 bits per heavy atom. The molecule has 2 amide bonds. The summed E-state index contributed by atoms with van der Waals surface area (Å²) in [6, 6.07) is 23.1. The molecule has 3 aromatic heterocycles. The third-order valence-electron chi connectivity index (χ3n) is 7.60. The van der Waals surface area contributed by atoms with Gasteiger partial charge < -0.3 is 20.5 Å². The SMILES string of the molecule is NC(=O)c1cnc(Cc2cccc(C(=O)N3CCC(c4nc(-c5cccnc5)no4)CC3)c2)cc1NCc1ccccc1. The van der Waals surface area contributed by atoms with Gasteiger partial charge in [-0.3, -0.25) is 19.6 Å². The van der Waals surface area contributed by atoms with E-state index >= 15 is 0 Å². The van der Waals surface area contributed by atoms with E-state index in [1.807, 2.05) is 77.7 Å². The van der Waals surface area contributed by atoms with Crippen molar-refractivity contribution in [2.75, 3.05) is 18.4 Å². The summed E-state index contributed by atoms with van der Waals surface area (Å²) in [7, 11) is 0. The van der Waals surface area contributed by atoms with Gasteiger partial charge in [0.05, 0.1) is 11.3 Å². The van der Waals surface area contributed by atoms with Crippen molar-refractivity contribution in [3.8, 4) is 11.4 Å². The maximum absolute atomic E-state index is 13.4. The normalized spacial score (nSPS) is 13.5. The van der Waals surface area contributed by atoms with Gasteiger partial charge in [0.15, 0.2) is 0 Å². The molecule has 0 aliphatic carbocycles. The number of benzene rings is 2. The van der Waals surface area contributed by atoms with Crippen LogP contribution in [-0.2, 0) is 13.0 Å². The van der Waals surface area contributed by atoms with Crippen molar-refractivity contribution in [1.82, 2.24) is 25.0 Å². The van der Waals surface area contributed by atoms with Gasteiger partial charge in [-0.25, -0.2) is 0 Å². The number of nitrogens with one attached hydrogen (secondary N) is 1. The number of hydrogen-bond donors (Lipinski definition) is 2. The molecule has 43 heavy (non-hydrogen) atoms. The minimum absolute atomic E-state index is 0.0101. The molecule has 0 unspecified atom stereocenters. The predicted octanol–water partition coefficient (Wildman–Crippen LogP) is 4.85. The van der Waals surface area contributed by atoms with Gasteiger partial charge in [-0.1, -0.05) is 47.6 Å². The van der Waals surface area contributed by atoms with Crippen LogP contribution in [0.3, 0.4) is 0 Å². The lowest BCUT2D eigenvalue weighted by atomic mass is 9.96. The quantitative estimate of drug-likeness (QED) is 0.255. The lowest BCUT2D eigenvalue weighted by Gasteiger charge is -2.30. The van der Waals surface area contributed by atoms with Crippen LogP contribution in [0.4, 0.5) is 5.69 Å². The summed E-state index contributed by atoms with van der Waals surface area (Å²) in [6.45, 7) is 1.75.